The van der Waals surface area contributed by atoms with Crippen molar-refractivity contribution in [2.24, 2.45) is 0 Å². The highest BCUT2D eigenvalue weighted by atomic mass is 14.6. The minimum atomic E-state index is 0.210. The number of benzene rings is 1. The first-order valence-corrected chi connectivity index (χ1v) is 9.17. The molecule has 0 heterocycles. The molecule has 0 aromatic heterocycles. The average molecular weight is 303 g/mol. The molecule has 0 atom stereocenters. The van der Waals surface area contributed by atoms with Crippen LogP contribution >= 0.6 is 0 Å². The number of hydrogen-bond donors (Lipinski definition) is 2. The van der Waals surface area contributed by atoms with Crippen molar-refractivity contribution < 1.29 is 0 Å². The maximum Gasteiger partial charge on any atom is 0.0375 e. The normalized spacial score (nSPS) is 16.0. The predicted octanol–water partition coefficient (Wildman–Crippen LogP) is 5.37. The quantitative estimate of drug-likeness (QED) is 0.501. The number of nitrogens with two attached hydrogens (primary N) is 2. The largest absolute Gasteiger partial charge is 0.398 e. The summed E-state index contributed by atoms with van der Waals surface area (Å²) in [5.74, 6) is 0. The Morgan fingerprint density at radius 2 is 1.59 bits per heavy atom. The first kappa shape index (κ1) is 17.2. The molecule has 0 spiro atoms. The standard InChI is InChI=1S/C20H34N2/c1-4-5-6-7-8-9-10-11-15-16-12-13-20(2,3)19(16)18(22)14-17(15)21/h14H,4-13,21-22H2,1-3H3. The molecule has 4 N–H and O–H groups in total. The molecule has 1 aliphatic carbocycles. The Balaban J connectivity index is 1.96. The minimum absolute atomic E-state index is 0.210. The fraction of sp³-hybridized carbons (Fsp3) is 0.700. The highest BCUT2D eigenvalue weighted by molar-refractivity contribution is 5.69. The van der Waals surface area contributed by atoms with Gasteiger partial charge in [0.15, 0.2) is 0 Å². The Morgan fingerprint density at radius 1 is 0.955 bits per heavy atom. The Morgan fingerprint density at radius 3 is 2.27 bits per heavy atom. The SMILES string of the molecule is CCCCCCCCCc1c(N)cc(N)c2c1CCC2(C)C. The summed E-state index contributed by atoms with van der Waals surface area (Å²) in [6.07, 6.45) is 12.9. The molecule has 0 radical (unpaired) electrons. The number of hydrogen-bond acceptors (Lipinski definition) is 2. The van der Waals surface area contributed by atoms with Gasteiger partial charge in [-0.25, -0.2) is 0 Å². The zero-order valence-electron chi connectivity index (χ0n) is 14.8. The smallest absolute Gasteiger partial charge is 0.0375 e. The van der Waals surface area contributed by atoms with Gasteiger partial charge < -0.3 is 11.5 Å². The van der Waals surface area contributed by atoms with E-state index in [0.717, 1.165) is 24.2 Å². The molecule has 0 aliphatic heterocycles. The second-order valence-electron chi connectivity index (χ2n) is 7.64. The van der Waals surface area contributed by atoms with E-state index in [1.807, 2.05) is 6.07 Å². The maximum absolute atomic E-state index is 6.28. The highest BCUT2D eigenvalue weighted by Crippen LogP contribution is 2.45. The van der Waals surface area contributed by atoms with Crippen molar-refractivity contribution in [2.45, 2.75) is 90.4 Å². The third-order valence-corrected chi connectivity index (χ3v) is 5.32. The van der Waals surface area contributed by atoms with E-state index in [9.17, 15) is 0 Å². The monoisotopic (exact) mass is 302 g/mol. The van der Waals surface area contributed by atoms with E-state index in [-0.39, 0.29) is 5.41 Å². The van der Waals surface area contributed by atoms with Crippen LogP contribution in [0.25, 0.3) is 0 Å². The molecule has 22 heavy (non-hydrogen) atoms. The fourth-order valence-electron chi connectivity index (χ4n) is 4.02. The molecule has 0 unspecified atom stereocenters. The van der Waals surface area contributed by atoms with Crippen LogP contribution in [0.15, 0.2) is 6.07 Å². The molecule has 0 saturated heterocycles. The van der Waals surface area contributed by atoms with Crippen molar-refractivity contribution in [3.63, 3.8) is 0 Å². The Labute approximate surface area is 136 Å². The van der Waals surface area contributed by atoms with Gasteiger partial charge in [0, 0.05) is 11.4 Å². The number of nitrogen functional groups attached to an aromatic ring is 2. The van der Waals surface area contributed by atoms with Gasteiger partial charge in [0.25, 0.3) is 0 Å². The van der Waals surface area contributed by atoms with Crippen molar-refractivity contribution in [1.82, 2.24) is 0 Å². The molecular weight excluding hydrogens is 268 g/mol. The van der Waals surface area contributed by atoms with Gasteiger partial charge in [0.1, 0.15) is 0 Å². The van der Waals surface area contributed by atoms with Gasteiger partial charge >= 0.3 is 0 Å². The number of anilines is 2. The Bertz CT molecular complexity index is 503. The molecular formula is C20H34N2. The molecule has 2 nitrogen and oxygen atoms in total. The highest BCUT2D eigenvalue weighted by Gasteiger charge is 2.33. The summed E-state index contributed by atoms with van der Waals surface area (Å²) in [5.41, 5.74) is 18.8. The zero-order valence-corrected chi connectivity index (χ0v) is 14.8. The van der Waals surface area contributed by atoms with Crippen LogP contribution in [0.3, 0.4) is 0 Å². The third kappa shape index (κ3) is 3.77. The van der Waals surface area contributed by atoms with Crippen LogP contribution < -0.4 is 11.5 Å². The fourth-order valence-corrected chi connectivity index (χ4v) is 4.02. The van der Waals surface area contributed by atoms with Crippen LogP contribution in [0.2, 0.25) is 0 Å². The lowest BCUT2D eigenvalue weighted by atomic mass is 9.84. The zero-order chi connectivity index (χ0) is 16.2. The van der Waals surface area contributed by atoms with Crippen molar-refractivity contribution in [2.75, 3.05) is 11.5 Å². The van der Waals surface area contributed by atoms with E-state index in [1.54, 1.807) is 0 Å². The van der Waals surface area contributed by atoms with Crippen LogP contribution in [0.1, 0.15) is 88.8 Å². The van der Waals surface area contributed by atoms with Crippen molar-refractivity contribution >= 4 is 11.4 Å². The second-order valence-corrected chi connectivity index (χ2v) is 7.64. The maximum atomic E-state index is 6.28. The van der Waals surface area contributed by atoms with Gasteiger partial charge in [-0.05, 0) is 53.9 Å². The Hall–Kier alpha value is -1.18. The molecule has 1 aromatic rings. The first-order chi connectivity index (χ1) is 10.5. The molecule has 2 rings (SSSR count). The summed E-state index contributed by atoms with van der Waals surface area (Å²) in [6, 6.07) is 2.00. The van der Waals surface area contributed by atoms with Crippen LogP contribution in [-0.4, -0.2) is 0 Å². The lowest BCUT2D eigenvalue weighted by Crippen LogP contribution is -2.15. The summed E-state index contributed by atoms with van der Waals surface area (Å²) in [7, 11) is 0. The van der Waals surface area contributed by atoms with E-state index < -0.39 is 0 Å². The molecule has 1 aliphatic rings. The molecule has 0 bridgehead atoms. The number of rotatable bonds is 8. The number of unbranched alkanes of at least 4 members (excludes halogenated alkanes) is 6. The van der Waals surface area contributed by atoms with Gasteiger partial charge in [-0.3, -0.25) is 0 Å². The summed E-state index contributed by atoms with van der Waals surface area (Å²) < 4.78 is 0. The van der Waals surface area contributed by atoms with E-state index in [2.05, 4.69) is 20.8 Å². The Kier molecular flexibility index (Phi) is 5.77. The molecule has 2 heteroatoms. The first-order valence-electron chi connectivity index (χ1n) is 9.17. The van der Waals surface area contributed by atoms with Gasteiger partial charge in [0.05, 0.1) is 0 Å². The van der Waals surface area contributed by atoms with Crippen LogP contribution in [0, 0.1) is 0 Å². The van der Waals surface area contributed by atoms with Crippen molar-refractivity contribution in [3.8, 4) is 0 Å². The van der Waals surface area contributed by atoms with Crippen molar-refractivity contribution in [1.29, 1.82) is 0 Å². The second kappa shape index (κ2) is 7.39. The van der Waals surface area contributed by atoms with E-state index >= 15 is 0 Å². The molecule has 1 aromatic carbocycles. The van der Waals surface area contributed by atoms with E-state index in [1.165, 1.54) is 68.1 Å². The molecule has 0 amide bonds. The average Bonchev–Trinajstić information content (AvgIpc) is 2.77. The van der Waals surface area contributed by atoms with Gasteiger partial charge in [0.2, 0.25) is 0 Å². The molecule has 0 saturated carbocycles. The summed E-state index contributed by atoms with van der Waals surface area (Å²) in [6.45, 7) is 6.89. The number of fused-ring (bicyclic) bond motifs is 1. The van der Waals surface area contributed by atoms with Crippen molar-refractivity contribution in [3.05, 3.63) is 22.8 Å². The van der Waals surface area contributed by atoms with Gasteiger partial charge in [-0.1, -0.05) is 59.3 Å². The van der Waals surface area contributed by atoms with E-state index in [4.69, 9.17) is 11.5 Å². The van der Waals surface area contributed by atoms with E-state index in [0.29, 0.717) is 0 Å². The summed E-state index contributed by atoms with van der Waals surface area (Å²) >= 11 is 0. The van der Waals surface area contributed by atoms with Crippen LogP contribution in [-0.2, 0) is 18.3 Å². The van der Waals surface area contributed by atoms with Crippen LogP contribution in [0.5, 0.6) is 0 Å². The predicted molar refractivity (Wildman–Crippen MR) is 98.3 cm³/mol. The van der Waals surface area contributed by atoms with Gasteiger partial charge in [-0.15, -0.1) is 0 Å². The summed E-state index contributed by atoms with van der Waals surface area (Å²) in [4.78, 5) is 0. The van der Waals surface area contributed by atoms with Gasteiger partial charge in [-0.2, -0.15) is 0 Å². The lowest BCUT2D eigenvalue weighted by Gasteiger charge is -2.22. The summed E-state index contributed by atoms with van der Waals surface area (Å²) in [5, 5.41) is 0. The third-order valence-electron chi connectivity index (χ3n) is 5.32. The minimum Gasteiger partial charge on any atom is -0.398 e. The topological polar surface area (TPSA) is 52.0 Å². The molecule has 124 valence electrons. The lowest BCUT2D eigenvalue weighted by molar-refractivity contribution is 0.524. The molecule has 0 fully saturated rings. The van der Waals surface area contributed by atoms with Crippen LogP contribution in [0.4, 0.5) is 11.4 Å².